The molecule has 1 aromatic heterocycles. The van der Waals surface area contributed by atoms with Gasteiger partial charge in [0.2, 0.25) is 5.91 Å². The molecule has 0 radical (unpaired) electrons. The fraction of sp³-hybridized carbons (Fsp3) is 0.591. The van der Waals surface area contributed by atoms with Gasteiger partial charge in [-0.05, 0) is 50.6 Å². The summed E-state index contributed by atoms with van der Waals surface area (Å²) in [5, 5.41) is 6.93. The van der Waals surface area contributed by atoms with Crippen LogP contribution in [0.3, 0.4) is 0 Å². The van der Waals surface area contributed by atoms with Gasteiger partial charge in [0.25, 0.3) is 0 Å². The van der Waals surface area contributed by atoms with Crippen LogP contribution in [-0.4, -0.2) is 63.5 Å². The van der Waals surface area contributed by atoms with Crippen molar-refractivity contribution >= 4 is 5.91 Å². The lowest BCUT2D eigenvalue weighted by Crippen LogP contribution is -2.45. The van der Waals surface area contributed by atoms with Crippen molar-refractivity contribution in [3.05, 3.63) is 48.5 Å². The van der Waals surface area contributed by atoms with Crippen LogP contribution in [0.1, 0.15) is 37.7 Å². The second kappa shape index (κ2) is 9.50. The number of rotatable bonds is 8. The maximum Gasteiger partial charge on any atom is 0.241 e. The van der Waals surface area contributed by atoms with Gasteiger partial charge in [0.1, 0.15) is 19.2 Å². The normalized spacial score (nSPS) is 21.4. The minimum Gasteiger partial charge on any atom is -0.370 e. The number of piperidine rings is 1. The van der Waals surface area contributed by atoms with Crippen LogP contribution in [0.15, 0.2) is 43.0 Å². The van der Waals surface area contributed by atoms with Crippen molar-refractivity contribution in [3.8, 4) is 0 Å². The third-order valence-electron chi connectivity index (χ3n) is 6.19. The smallest absolute Gasteiger partial charge is 0.241 e. The lowest BCUT2D eigenvalue weighted by atomic mass is 9.88. The second-order valence-electron chi connectivity index (χ2n) is 8.29. The van der Waals surface area contributed by atoms with E-state index in [-0.39, 0.29) is 24.2 Å². The molecule has 0 saturated carbocycles. The molecule has 1 aromatic carbocycles. The zero-order chi connectivity index (χ0) is 19.9. The largest absolute Gasteiger partial charge is 0.370 e. The van der Waals surface area contributed by atoms with E-state index in [9.17, 15) is 4.79 Å². The summed E-state index contributed by atoms with van der Waals surface area (Å²) in [6.45, 7) is 4.17. The van der Waals surface area contributed by atoms with Crippen LogP contribution in [0.5, 0.6) is 0 Å². The minimum absolute atomic E-state index is 0.0250. The summed E-state index contributed by atoms with van der Waals surface area (Å²) < 4.78 is 7.95. The first-order valence-corrected chi connectivity index (χ1v) is 10.7. The summed E-state index contributed by atoms with van der Waals surface area (Å²) in [5.74, 6) is -0.0479. The van der Waals surface area contributed by atoms with E-state index < -0.39 is 0 Å². The van der Waals surface area contributed by atoms with Gasteiger partial charge >= 0.3 is 0 Å². The molecule has 4 rings (SSSR count). The molecule has 156 valence electrons. The van der Waals surface area contributed by atoms with E-state index in [0.717, 1.165) is 51.7 Å². The summed E-state index contributed by atoms with van der Waals surface area (Å²) in [4.78, 5) is 18.4. The molecule has 29 heavy (non-hydrogen) atoms. The number of ether oxygens (including phenoxy) is 1. The summed E-state index contributed by atoms with van der Waals surface area (Å²) in [6, 6.07) is 10.7. The Labute approximate surface area is 172 Å². The molecule has 3 heterocycles. The molecule has 0 bridgehead atoms. The Morgan fingerprint density at radius 2 is 2.03 bits per heavy atom. The Morgan fingerprint density at radius 1 is 1.21 bits per heavy atom. The Balaban J connectivity index is 1.13. The Morgan fingerprint density at radius 3 is 2.79 bits per heavy atom. The number of amides is 1. The van der Waals surface area contributed by atoms with Crippen LogP contribution in [0, 0.1) is 0 Å². The van der Waals surface area contributed by atoms with E-state index in [0.29, 0.717) is 6.54 Å². The number of carbonyl (C=O) groups is 1. The average Bonchev–Trinajstić information content (AvgIpc) is 3.39. The SMILES string of the molecule is O=C(Cn1cncn1)NCC1CCC2(CCN(CCCc3ccccc3)CC2)O1. The number of likely N-dealkylation sites (tertiary alicyclic amines) is 1. The number of aromatic nitrogens is 3. The quantitative estimate of drug-likeness (QED) is 0.738. The van der Waals surface area contributed by atoms with Crippen LogP contribution in [-0.2, 0) is 22.5 Å². The van der Waals surface area contributed by atoms with Crippen LogP contribution >= 0.6 is 0 Å². The Bertz CT molecular complexity index is 757. The van der Waals surface area contributed by atoms with E-state index in [1.165, 1.54) is 23.0 Å². The Kier molecular flexibility index (Phi) is 6.56. The van der Waals surface area contributed by atoms with Crippen LogP contribution in [0.4, 0.5) is 0 Å². The van der Waals surface area contributed by atoms with Crippen molar-refractivity contribution in [1.29, 1.82) is 0 Å². The van der Waals surface area contributed by atoms with Gasteiger partial charge in [0, 0.05) is 19.6 Å². The highest BCUT2D eigenvalue weighted by molar-refractivity contribution is 5.75. The van der Waals surface area contributed by atoms with E-state index in [1.807, 2.05) is 0 Å². The fourth-order valence-electron chi connectivity index (χ4n) is 4.49. The lowest BCUT2D eigenvalue weighted by molar-refractivity contribution is -0.123. The zero-order valence-corrected chi connectivity index (χ0v) is 17.0. The highest BCUT2D eigenvalue weighted by atomic mass is 16.5. The zero-order valence-electron chi connectivity index (χ0n) is 17.0. The number of aryl methyl sites for hydroxylation is 1. The molecule has 2 saturated heterocycles. The molecule has 2 aliphatic rings. The molecule has 7 nitrogen and oxygen atoms in total. The molecule has 1 spiro atoms. The van der Waals surface area contributed by atoms with Gasteiger partial charge in [-0.1, -0.05) is 30.3 Å². The van der Waals surface area contributed by atoms with Crippen molar-refractivity contribution in [2.45, 2.75) is 56.8 Å². The molecule has 7 heteroatoms. The third-order valence-corrected chi connectivity index (χ3v) is 6.19. The molecule has 2 aliphatic heterocycles. The molecule has 0 aliphatic carbocycles. The van der Waals surface area contributed by atoms with Crippen molar-refractivity contribution < 1.29 is 9.53 Å². The molecular weight excluding hydrogens is 366 g/mol. The van der Waals surface area contributed by atoms with Gasteiger partial charge < -0.3 is 15.0 Å². The highest BCUT2D eigenvalue weighted by Crippen LogP contribution is 2.38. The second-order valence-corrected chi connectivity index (χ2v) is 8.29. The fourth-order valence-corrected chi connectivity index (χ4v) is 4.49. The predicted molar refractivity (Wildman–Crippen MR) is 110 cm³/mol. The number of nitrogens with zero attached hydrogens (tertiary/aromatic N) is 4. The van der Waals surface area contributed by atoms with Gasteiger partial charge in [-0.25, -0.2) is 9.67 Å². The minimum atomic E-state index is -0.0479. The summed E-state index contributed by atoms with van der Waals surface area (Å²) in [7, 11) is 0. The molecule has 1 unspecified atom stereocenters. The molecule has 1 N–H and O–H groups in total. The van der Waals surface area contributed by atoms with Gasteiger partial charge in [0.15, 0.2) is 0 Å². The van der Waals surface area contributed by atoms with Gasteiger partial charge in [-0.3, -0.25) is 4.79 Å². The highest BCUT2D eigenvalue weighted by Gasteiger charge is 2.42. The number of nitrogens with one attached hydrogen (secondary N) is 1. The molecule has 2 aromatic rings. The van der Waals surface area contributed by atoms with Crippen LogP contribution in [0.2, 0.25) is 0 Å². The van der Waals surface area contributed by atoms with Crippen molar-refractivity contribution in [2.24, 2.45) is 0 Å². The maximum absolute atomic E-state index is 12.0. The number of benzene rings is 1. The van der Waals surface area contributed by atoms with Gasteiger partial charge in [-0.2, -0.15) is 5.10 Å². The maximum atomic E-state index is 12.0. The summed E-state index contributed by atoms with van der Waals surface area (Å²) in [6.07, 6.45) is 9.79. The molecule has 1 atom stereocenters. The van der Waals surface area contributed by atoms with Crippen LogP contribution in [0.25, 0.3) is 0 Å². The van der Waals surface area contributed by atoms with Gasteiger partial charge in [0.05, 0.1) is 11.7 Å². The standard InChI is InChI=1S/C22H31N5O2/c28-21(16-27-18-23-17-25-27)24-15-20-8-9-22(29-20)10-13-26(14-11-22)12-4-7-19-5-2-1-3-6-19/h1-3,5-6,17-18,20H,4,7-16H2,(H,24,28). The van der Waals surface area contributed by atoms with E-state index in [4.69, 9.17) is 4.74 Å². The van der Waals surface area contributed by atoms with Crippen molar-refractivity contribution in [3.63, 3.8) is 0 Å². The first-order valence-electron chi connectivity index (χ1n) is 10.7. The van der Waals surface area contributed by atoms with Crippen molar-refractivity contribution in [1.82, 2.24) is 25.0 Å². The average molecular weight is 398 g/mol. The number of hydrogen-bond acceptors (Lipinski definition) is 5. The topological polar surface area (TPSA) is 72.3 Å². The van der Waals surface area contributed by atoms with E-state index in [1.54, 1.807) is 6.33 Å². The van der Waals surface area contributed by atoms with E-state index in [2.05, 4.69) is 50.6 Å². The number of carbonyl (C=O) groups excluding carboxylic acids is 1. The lowest BCUT2D eigenvalue weighted by Gasteiger charge is -2.39. The monoisotopic (exact) mass is 397 g/mol. The predicted octanol–water partition coefficient (Wildman–Crippen LogP) is 2.04. The number of hydrogen-bond donors (Lipinski definition) is 1. The molecule has 1 amide bonds. The molecule has 2 fully saturated rings. The summed E-state index contributed by atoms with van der Waals surface area (Å²) in [5.41, 5.74) is 1.45. The summed E-state index contributed by atoms with van der Waals surface area (Å²) >= 11 is 0. The van der Waals surface area contributed by atoms with Gasteiger partial charge in [-0.15, -0.1) is 0 Å². The molecular formula is C22H31N5O2. The van der Waals surface area contributed by atoms with E-state index >= 15 is 0 Å². The van der Waals surface area contributed by atoms with Crippen molar-refractivity contribution in [2.75, 3.05) is 26.2 Å². The van der Waals surface area contributed by atoms with Crippen LogP contribution < -0.4 is 5.32 Å². The first-order chi connectivity index (χ1) is 14.2. The Hall–Kier alpha value is -2.25. The third kappa shape index (κ3) is 5.64. The first kappa shape index (κ1) is 20.0.